The second kappa shape index (κ2) is 9.16. The molecule has 2 saturated heterocycles. The summed E-state index contributed by atoms with van der Waals surface area (Å²) in [6, 6.07) is 8.31. The predicted molar refractivity (Wildman–Crippen MR) is 125 cm³/mol. The summed E-state index contributed by atoms with van der Waals surface area (Å²) in [7, 11) is -1.96. The Morgan fingerprint density at radius 1 is 1.16 bits per heavy atom. The van der Waals surface area contributed by atoms with Gasteiger partial charge in [-0.3, -0.25) is 4.79 Å². The zero-order valence-corrected chi connectivity index (χ0v) is 20.5. The van der Waals surface area contributed by atoms with Gasteiger partial charge in [0.2, 0.25) is 0 Å². The van der Waals surface area contributed by atoms with E-state index < -0.39 is 14.4 Å². The van der Waals surface area contributed by atoms with Gasteiger partial charge in [0, 0.05) is 26.2 Å². The van der Waals surface area contributed by atoms with Crippen molar-refractivity contribution in [1.29, 1.82) is 0 Å². The van der Waals surface area contributed by atoms with Crippen molar-refractivity contribution in [3.63, 3.8) is 0 Å². The molecule has 31 heavy (non-hydrogen) atoms. The molecule has 0 bridgehead atoms. The Balaban J connectivity index is 1.55. The van der Waals surface area contributed by atoms with E-state index >= 15 is 0 Å². The quantitative estimate of drug-likeness (QED) is 0.651. The standard InChI is InChI=1S/C24H36N2O4Si/c1-24(2,3)31(4,5)30-21-12-15-26(22(21)27)17-20-8-6-18(7-9-20)16-19-10-13-25(14-11-19)23(28)29/h6-9,16,21H,10-15,17H2,1-5H3,(H,28,29)/t21-/m0/s1. The molecule has 7 heteroatoms. The van der Waals surface area contributed by atoms with E-state index in [4.69, 9.17) is 9.53 Å². The molecule has 1 aromatic rings. The number of likely N-dealkylation sites (tertiary alicyclic amines) is 2. The molecule has 2 aliphatic heterocycles. The highest BCUT2D eigenvalue weighted by atomic mass is 28.4. The molecule has 2 aliphatic rings. The minimum absolute atomic E-state index is 0.0925. The Bertz CT molecular complexity index is 832. The van der Waals surface area contributed by atoms with Gasteiger partial charge in [-0.25, -0.2) is 4.79 Å². The van der Waals surface area contributed by atoms with Gasteiger partial charge in [-0.15, -0.1) is 0 Å². The van der Waals surface area contributed by atoms with Gasteiger partial charge in [0.05, 0.1) is 0 Å². The summed E-state index contributed by atoms with van der Waals surface area (Å²) in [4.78, 5) is 27.3. The molecule has 3 rings (SSSR count). The van der Waals surface area contributed by atoms with Crippen LogP contribution >= 0.6 is 0 Å². The SMILES string of the molecule is CC(C)(C)[Si](C)(C)O[C@H]1CCN(Cc2ccc(C=C3CCN(C(=O)O)CC3)cc2)C1=O. The summed E-state index contributed by atoms with van der Waals surface area (Å²) in [5.74, 6) is 0.112. The molecule has 0 saturated carbocycles. The van der Waals surface area contributed by atoms with Gasteiger partial charge < -0.3 is 19.3 Å². The van der Waals surface area contributed by atoms with E-state index in [0.717, 1.165) is 36.9 Å². The zero-order chi connectivity index (χ0) is 22.8. The molecule has 0 aromatic heterocycles. The highest BCUT2D eigenvalue weighted by molar-refractivity contribution is 6.74. The van der Waals surface area contributed by atoms with Crippen molar-refractivity contribution in [1.82, 2.24) is 9.80 Å². The third kappa shape index (κ3) is 5.77. The molecule has 0 spiro atoms. The lowest BCUT2D eigenvalue weighted by Gasteiger charge is -2.37. The molecular weight excluding hydrogens is 408 g/mol. The molecule has 1 N–H and O–H groups in total. The largest absolute Gasteiger partial charge is 0.465 e. The van der Waals surface area contributed by atoms with Crippen molar-refractivity contribution in [3.05, 3.63) is 41.0 Å². The number of carbonyl (C=O) groups excluding carboxylic acids is 1. The maximum absolute atomic E-state index is 12.9. The number of carbonyl (C=O) groups is 2. The molecule has 0 aliphatic carbocycles. The predicted octanol–water partition coefficient (Wildman–Crippen LogP) is 4.97. The Labute approximate surface area is 187 Å². The zero-order valence-electron chi connectivity index (χ0n) is 19.5. The monoisotopic (exact) mass is 444 g/mol. The summed E-state index contributed by atoms with van der Waals surface area (Å²) in [5.41, 5.74) is 3.52. The molecule has 6 nitrogen and oxygen atoms in total. The lowest BCUT2D eigenvalue weighted by atomic mass is 10.0. The Hall–Kier alpha value is -2.12. The number of rotatable bonds is 5. The lowest BCUT2D eigenvalue weighted by Crippen LogP contribution is -2.46. The van der Waals surface area contributed by atoms with Crippen molar-refractivity contribution >= 4 is 26.4 Å². The molecule has 1 atom stereocenters. The van der Waals surface area contributed by atoms with E-state index in [1.807, 2.05) is 4.90 Å². The molecule has 2 heterocycles. The summed E-state index contributed by atoms with van der Waals surface area (Å²) < 4.78 is 6.37. The van der Waals surface area contributed by atoms with Crippen molar-refractivity contribution < 1.29 is 19.1 Å². The van der Waals surface area contributed by atoms with Gasteiger partial charge in [0.1, 0.15) is 6.10 Å². The maximum Gasteiger partial charge on any atom is 0.407 e. The normalized spacial score (nSPS) is 20.4. The van der Waals surface area contributed by atoms with Crippen LogP contribution in [-0.2, 0) is 15.8 Å². The van der Waals surface area contributed by atoms with Gasteiger partial charge in [0.15, 0.2) is 8.32 Å². The minimum Gasteiger partial charge on any atom is -0.465 e. The van der Waals surface area contributed by atoms with Crippen LogP contribution in [-0.4, -0.2) is 61.0 Å². The van der Waals surface area contributed by atoms with Gasteiger partial charge >= 0.3 is 6.09 Å². The van der Waals surface area contributed by atoms with Gasteiger partial charge in [-0.1, -0.05) is 56.7 Å². The molecule has 2 amide bonds. The lowest BCUT2D eigenvalue weighted by molar-refractivity contribution is -0.134. The molecule has 1 aromatic carbocycles. The van der Waals surface area contributed by atoms with E-state index in [9.17, 15) is 9.59 Å². The first kappa shape index (κ1) is 23.5. The van der Waals surface area contributed by atoms with Crippen LogP contribution in [0.3, 0.4) is 0 Å². The van der Waals surface area contributed by atoms with Crippen LogP contribution in [0.1, 0.15) is 51.2 Å². The highest BCUT2D eigenvalue weighted by Crippen LogP contribution is 2.38. The number of piperidine rings is 1. The van der Waals surface area contributed by atoms with E-state index in [-0.39, 0.29) is 17.0 Å². The van der Waals surface area contributed by atoms with E-state index in [1.165, 1.54) is 10.5 Å². The van der Waals surface area contributed by atoms with Crippen LogP contribution in [0, 0.1) is 0 Å². The molecular formula is C24H36N2O4Si. The van der Waals surface area contributed by atoms with Crippen molar-refractivity contribution in [2.45, 2.75) is 70.8 Å². The average molecular weight is 445 g/mol. The second-order valence-electron chi connectivity index (χ2n) is 10.2. The summed E-state index contributed by atoms with van der Waals surface area (Å²) >= 11 is 0. The number of hydrogen-bond donors (Lipinski definition) is 1. The van der Waals surface area contributed by atoms with Crippen LogP contribution in [0.15, 0.2) is 29.8 Å². The fourth-order valence-electron chi connectivity index (χ4n) is 3.81. The van der Waals surface area contributed by atoms with Crippen LogP contribution < -0.4 is 0 Å². The Morgan fingerprint density at radius 2 is 1.77 bits per heavy atom. The van der Waals surface area contributed by atoms with Gasteiger partial charge in [-0.05, 0) is 48.5 Å². The van der Waals surface area contributed by atoms with E-state index in [0.29, 0.717) is 19.6 Å². The summed E-state index contributed by atoms with van der Waals surface area (Å²) in [6.45, 7) is 13.5. The number of carboxylic acid groups (broad SMARTS) is 1. The first-order valence-electron chi connectivity index (χ1n) is 11.2. The van der Waals surface area contributed by atoms with Crippen LogP contribution in [0.4, 0.5) is 4.79 Å². The van der Waals surface area contributed by atoms with E-state index in [1.54, 1.807) is 0 Å². The van der Waals surface area contributed by atoms with Gasteiger partial charge in [-0.2, -0.15) is 0 Å². The molecule has 0 unspecified atom stereocenters. The van der Waals surface area contributed by atoms with Crippen molar-refractivity contribution in [2.75, 3.05) is 19.6 Å². The van der Waals surface area contributed by atoms with Crippen LogP contribution in [0.2, 0.25) is 18.1 Å². The third-order valence-electron chi connectivity index (χ3n) is 6.89. The first-order chi connectivity index (χ1) is 14.5. The second-order valence-corrected chi connectivity index (χ2v) is 15.0. The van der Waals surface area contributed by atoms with Crippen molar-refractivity contribution in [3.8, 4) is 0 Å². The Kier molecular flexibility index (Phi) is 6.96. The topological polar surface area (TPSA) is 70.1 Å². The Morgan fingerprint density at radius 3 is 2.32 bits per heavy atom. The van der Waals surface area contributed by atoms with Crippen LogP contribution in [0.5, 0.6) is 0 Å². The minimum atomic E-state index is -1.96. The third-order valence-corrected chi connectivity index (χ3v) is 11.4. The highest BCUT2D eigenvalue weighted by Gasteiger charge is 2.43. The molecule has 170 valence electrons. The molecule has 0 radical (unpaired) electrons. The number of nitrogens with zero attached hydrogens (tertiary/aromatic N) is 2. The van der Waals surface area contributed by atoms with Crippen molar-refractivity contribution in [2.24, 2.45) is 0 Å². The first-order valence-corrected chi connectivity index (χ1v) is 14.1. The summed E-state index contributed by atoms with van der Waals surface area (Å²) in [6.07, 6.45) is 3.35. The van der Waals surface area contributed by atoms with E-state index in [2.05, 4.69) is 64.2 Å². The number of benzene rings is 1. The fourth-order valence-corrected chi connectivity index (χ4v) is 5.10. The fraction of sp³-hybridized carbons (Fsp3) is 0.583. The summed E-state index contributed by atoms with van der Waals surface area (Å²) in [5, 5.41) is 9.15. The smallest absolute Gasteiger partial charge is 0.407 e. The van der Waals surface area contributed by atoms with Crippen LogP contribution in [0.25, 0.3) is 6.08 Å². The number of hydrogen-bond acceptors (Lipinski definition) is 3. The maximum atomic E-state index is 12.9. The average Bonchev–Trinajstić information content (AvgIpc) is 3.02. The number of amides is 2. The van der Waals surface area contributed by atoms with Gasteiger partial charge in [0.25, 0.3) is 5.91 Å². The molecule has 2 fully saturated rings.